The van der Waals surface area contributed by atoms with Gasteiger partial charge in [0.25, 0.3) is 0 Å². The molecule has 220 valence electrons. The number of fused-ring (bicyclic) bond motifs is 1. The van der Waals surface area contributed by atoms with Crippen LogP contribution in [-0.4, -0.2) is 107 Å². The van der Waals surface area contributed by atoms with Crippen molar-refractivity contribution in [1.29, 1.82) is 0 Å². The monoisotopic (exact) mass is 560 g/mol. The standard InChI is InChI=1S/C25H36O14/c1-11(2)5-18(29)39-23-19-15(6-17(37-13(4)28)25(19,33)10-36-12(3)27)14(8-34-23)9-35-24-22(32)21(31)20(30)16(7-26)38-24/h8,11,15-17,19-20,22-24,26,30,32-33H,5-7,9-10H2,1-4H3/t15-,16-,17+,19-,20+,22+,23+,24-,25-/m1/s1. The largest absolute Gasteiger partial charge is 0.463 e. The first-order valence-corrected chi connectivity index (χ1v) is 12.6. The molecule has 1 saturated carbocycles. The second-order valence-corrected chi connectivity index (χ2v) is 10.4. The maximum Gasteiger partial charge on any atom is 0.309 e. The Labute approximate surface area is 224 Å². The molecule has 3 rings (SSSR count). The number of aliphatic hydroxyl groups is 4. The van der Waals surface area contributed by atoms with Crippen LogP contribution in [0.4, 0.5) is 0 Å². The van der Waals surface area contributed by atoms with Gasteiger partial charge < -0.3 is 48.8 Å². The molecule has 2 aliphatic heterocycles. The molecule has 0 aromatic heterocycles. The van der Waals surface area contributed by atoms with E-state index >= 15 is 0 Å². The van der Waals surface area contributed by atoms with Gasteiger partial charge in [-0.05, 0) is 17.9 Å². The van der Waals surface area contributed by atoms with Crippen LogP contribution in [-0.2, 0) is 47.6 Å². The number of Topliss-reactive ketones (excluding diaryl/α,β-unsaturated/α-hetero) is 1. The Hall–Kier alpha value is -2.62. The molecule has 0 bridgehead atoms. The van der Waals surface area contributed by atoms with Crippen LogP contribution in [0.2, 0.25) is 0 Å². The fourth-order valence-electron chi connectivity index (χ4n) is 5.05. The average molecular weight is 561 g/mol. The highest BCUT2D eigenvalue weighted by atomic mass is 16.7. The van der Waals surface area contributed by atoms with Crippen molar-refractivity contribution in [2.75, 3.05) is 19.8 Å². The van der Waals surface area contributed by atoms with Crippen molar-refractivity contribution < 1.29 is 68.0 Å². The summed E-state index contributed by atoms with van der Waals surface area (Å²) in [5, 5.41) is 41.2. The molecule has 14 nitrogen and oxygen atoms in total. The number of carbonyl (C=O) groups excluding carboxylic acids is 4. The van der Waals surface area contributed by atoms with Crippen LogP contribution in [0.15, 0.2) is 11.8 Å². The molecule has 0 radical (unpaired) electrons. The van der Waals surface area contributed by atoms with E-state index in [-0.39, 0.29) is 25.4 Å². The molecular weight excluding hydrogens is 524 g/mol. The lowest BCUT2D eigenvalue weighted by Gasteiger charge is -2.41. The van der Waals surface area contributed by atoms with Crippen molar-refractivity contribution in [3.63, 3.8) is 0 Å². The highest BCUT2D eigenvalue weighted by Crippen LogP contribution is 2.51. The van der Waals surface area contributed by atoms with Gasteiger partial charge in [-0.1, -0.05) is 13.8 Å². The Balaban J connectivity index is 1.88. The highest BCUT2D eigenvalue weighted by Gasteiger charge is 2.63. The number of hydrogen-bond acceptors (Lipinski definition) is 14. The van der Waals surface area contributed by atoms with Crippen molar-refractivity contribution >= 4 is 23.7 Å². The number of esters is 3. The van der Waals surface area contributed by atoms with E-state index in [2.05, 4.69) is 0 Å². The van der Waals surface area contributed by atoms with Crippen molar-refractivity contribution in [3.8, 4) is 0 Å². The minimum absolute atomic E-state index is 0.00375. The van der Waals surface area contributed by atoms with Crippen LogP contribution < -0.4 is 0 Å². The molecule has 1 saturated heterocycles. The molecule has 2 fully saturated rings. The van der Waals surface area contributed by atoms with E-state index in [4.69, 9.17) is 28.4 Å². The molecule has 0 aromatic carbocycles. The summed E-state index contributed by atoms with van der Waals surface area (Å²) in [6.07, 6.45) is -7.63. The molecule has 9 atom stereocenters. The van der Waals surface area contributed by atoms with Gasteiger partial charge in [0.15, 0.2) is 18.2 Å². The van der Waals surface area contributed by atoms with Crippen LogP contribution in [0, 0.1) is 17.8 Å². The normalized spacial score (nSPS) is 36.0. The van der Waals surface area contributed by atoms with Crippen LogP contribution in [0.25, 0.3) is 0 Å². The number of ketones is 1. The Morgan fingerprint density at radius 1 is 1.10 bits per heavy atom. The fraction of sp³-hybridized carbons (Fsp3) is 0.760. The minimum Gasteiger partial charge on any atom is -0.463 e. The van der Waals surface area contributed by atoms with E-state index < -0.39 is 91.3 Å². The molecule has 4 N–H and O–H groups in total. The summed E-state index contributed by atoms with van der Waals surface area (Å²) in [7, 11) is 0. The van der Waals surface area contributed by atoms with Crippen molar-refractivity contribution in [2.24, 2.45) is 17.8 Å². The molecule has 2 heterocycles. The summed E-state index contributed by atoms with van der Waals surface area (Å²) >= 11 is 0. The fourth-order valence-corrected chi connectivity index (χ4v) is 5.05. The van der Waals surface area contributed by atoms with E-state index in [1.165, 1.54) is 6.26 Å². The minimum atomic E-state index is -2.02. The van der Waals surface area contributed by atoms with Gasteiger partial charge in [-0.25, -0.2) is 0 Å². The van der Waals surface area contributed by atoms with Gasteiger partial charge in [-0.2, -0.15) is 0 Å². The maximum atomic E-state index is 12.5. The number of hydrogen-bond donors (Lipinski definition) is 4. The van der Waals surface area contributed by atoms with Gasteiger partial charge in [0.05, 0.1) is 25.4 Å². The molecule has 3 aliphatic rings. The van der Waals surface area contributed by atoms with Gasteiger partial charge >= 0.3 is 17.9 Å². The first kappa shape index (κ1) is 30.9. The smallest absolute Gasteiger partial charge is 0.309 e. The van der Waals surface area contributed by atoms with Crippen LogP contribution >= 0.6 is 0 Å². The van der Waals surface area contributed by atoms with Gasteiger partial charge in [0.2, 0.25) is 6.29 Å². The first-order valence-electron chi connectivity index (χ1n) is 12.6. The lowest BCUT2D eigenvalue weighted by Crippen LogP contribution is -2.57. The van der Waals surface area contributed by atoms with Gasteiger partial charge in [-0.3, -0.25) is 19.2 Å². The van der Waals surface area contributed by atoms with Gasteiger partial charge in [0, 0.05) is 26.2 Å². The highest BCUT2D eigenvalue weighted by molar-refractivity contribution is 5.88. The number of carbonyl (C=O) groups is 4. The Morgan fingerprint density at radius 2 is 1.79 bits per heavy atom. The third-order valence-corrected chi connectivity index (χ3v) is 6.89. The summed E-state index contributed by atoms with van der Waals surface area (Å²) < 4.78 is 32.6. The third-order valence-electron chi connectivity index (χ3n) is 6.89. The van der Waals surface area contributed by atoms with Crippen LogP contribution in [0.3, 0.4) is 0 Å². The summed E-state index contributed by atoms with van der Waals surface area (Å²) in [5.41, 5.74) is -1.66. The summed E-state index contributed by atoms with van der Waals surface area (Å²) in [6, 6.07) is 0. The average Bonchev–Trinajstić information content (AvgIpc) is 3.13. The van der Waals surface area contributed by atoms with E-state index in [9.17, 15) is 39.6 Å². The molecule has 0 spiro atoms. The van der Waals surface area contributed by atoms with Crippen LogP contribution in [0.1, 0.15) is 40.5 Å². The second-order valence-electron chi connectivity index (χ2n) is 10.4. The van der Waals surface area contributed by atoms with E-state index in [0.717, 1.165) is 13.8 Å². The predicted molar refractivity (Wildman–Crippen MR) is 126 cm³/mol. The summed E-state index contributed by atoms with van der Waals surface area (Å²) in [5.74, 6) is -4.80. The summed E-state index contributed by atoms with van der Waals surface area (Å²) in [4.78, 5) is 48.1. The lowest BCUT2D eigenvalue weighted by atomic mass is 9.80. The molecule has 0 amide bonds. The molecule has 1 aliphatic carbocycles. The van der Waals surface area contributed by atoms with Crippen LogP contribution in [0.5, 0.6) is 0 Å². The zero-order valence-corrected chi connectivity index (χ0v) is 22.2. The maximum absolute atomic E-state index is 12.5. The first-order chi connectivity index (χ1) is 18.3. The molecule has 0 unspecified atom stereocenters. The van der Waals surface area contributed by atoms with Crippen molar-refractivity contribution in [3.05, 3.63) is 11.8 Å². The van der Waals surface area contributed by atoms with Crippen molar-refractivity contribution in [2.45, 2.75) is 83.1 Å². The zero-order valence-electron chi connectivity index (χ0n) is 22.2. The quantitative estimate of drug-likeness (QED) is 0.181. The molecular formula is C25H36O14. The molecule has 14 heteroatoms. The van der Waals surface area contributed by atoms with Gasteiger partial charge in [0.1, 0.15) is 30.5 Å². The Bertz CT molecular complexity index is 962. The number of rotatable bonds is 10. The molecule has 0 aromatic rings. The number of aliphatic hydroxyl groups excluding tert-OH is 3. The second kappa shape index (κ2) is 12.7. The Morgan fingerprint density at radius 3 is 2.38 bits per heavy atom. The predicted octanol–water partition coefficient (Wildman–Crippen LogP) is -1.30. The van der Waals surface area contributed by atoms with Gasteiger partial charge in [-0.15, -0.1) is 0 Å². The van der Waals surface area contributed by atoms with E-state index in [1.54, 1.807) is 0 Å². The molecule has 39 heavy (non-hydrogen) atoms. The number of ether oxygens (including phenoxy) is 6. The third kappa shape index (κ3) is 6.94. The van der Waals surface area contributed by atoms with E-state index in [0.29, 0.717) is 5.57 Å². The van der Waals surface area contributed by atoms with E-state index in [1.807, 2.05) is 13.8 Å². The van der Waals surface area contributed by atoms with Crippen molar-refractivity contribution in [1.82, 2.24) is 0 Å². The lowest BCUT2D eigenvalue weighted by molar-refractivity contribution is -0.255. The SMILES string of the molecule is CC(=O)OC[C@]1(O)[C@H]2[C@H](OC(=O)CC(C)C)OC=C(CO[C@@H]3O[C@H](CO)[C@H](O)C(=O)[C@@H]3O)[C@H]2C[C@@H]1OC(C)=O. The summed E-state index contributed by atoms with van der Waals surface area (Å²) in [6.45, 7) is 4.30. The Kier molecular flexibility index (Phi) is 10.1. The topological polar surface area (TPSA) is 205 Å². The zero-order chi connectivity index (χ0) is 29.1.